The fraction of sp³-hybridized carbons (Fsp3) is 0.462. The Kier molecular flexibility index (Phi) is 4.41. The van der Waals surface area contributed by atoms with Crippen LogP contribution in [0.2, 0.25) is 0 Å². The summed E-state index contributed by atoms with van der Waals surface area (Å²) in [4.78, 5) is 12.9. The molecule has 0 saturated carbocycles. The van der Waals surface area contributed by atoms with Gasteiger partial charge in [-0.05, 0) is 18.6 Å². The van der Waals surface area contributed by atoms with Crippen LogP contribution in [-0.2, 0) is 4.74 Å². The van der Waals surface area contributed by atoms with Crippen LogP contribution in [0.25, 0.3) is 0 Å². The molecule has 1 fully saturated rings. The minimum Gasteiger partial charge on any atom is -0.494 e. The lowest BCUT2D eigenvalue weighted by Gasteiger charge is -2.19. The predicted octanol–water partition coefficient (Wildman–Crippen LogP) is 1.27. The van der Waals surface area contributed by atoms with E-state index in [1.54, 1.807) is 4.90 Å². The Balaban J connectivity index is 1.70. The zero-order valence-electron chi connectivity index (χ0n) is 10.1. The highest BCUT2D eigenvalue weighted by Crippen LogP contribution is 2.13. The number of aliphatic hydroxyl groups excluding tert-OH is 1. The van der Waals surface area contributed by atoms with E-state index in [-0.39, 0.29) is 25.3 Å². The Labute approximate surface area is 106 Å². The lowest BCUT2D eigenvalue weighted by Crippen LogP contribution is -2.37. The number of carbonyl (C=O) groups is 1. The van der Waals surface area contributed by atoms with Crippen molar-refractivity contribution >= 4 is 6.09 Å². The molecule has 1 aliphatic heterocycles. The molecule has 0 aliphatic carbocycles. The molecule has 1 amide bonds. The first-order chi connectivity index (χ1) is 8.81. The van der Waals surface area contributed by atoms with E-state index in [4.69, 9.17) is 14.6 Å². The van der Waals surface area contributed by atoms with E-state index in [0.717, 1.165) is 5.75 Å². The lowest BCUT2D eigenvalue weighted by atomic mass is 10.3. The van der Waals surface area contributed by atoms with Crippen molar-refractivity contribution in [3.05, 3.63) is 30.3 Å². The average molecular weight is 251 g/mol. The van der Waals surface area contributed by atoms with Gasteiger partial charge in [0.15, 0.2) is 0 Å². The van der Waals surface area contributed by atoms with Crippen LogP contribution < -0.4 is 4.74 Å². The van der Waals surface area contributed by atoms with Gasteiger partial charge in [-0.2, -0.15) is 0 Å². The van der Waals surface area contributed by atoms with Crippen LogP contribution in [0.15, 0.2) is 30.3 Å². The van der Waals surface area contributed by atoms with Gasteiger partial charge >= 0.3 is 6.09 Å². The molecule has 1 heterocycles. The van der Waals surface area contributed by atoms with E-state index >= 15 is 0 Å². The maximum Gasteiger partial charge on any atom is 0.410 e. The molecule has 1 saturated heterocycles. The summed E-state index contributed by atoms with van der Waals surface area (Å²) in [5.41, 5.74) is 0. The molecule has 2 rings (SSSR count). The highest BCUT2D eigenvalue weighted by Gasteiger charge is 2.31. The number of hydrogen-bond donors (Lipinski definition) is 1. The normalized spacial score (nSPS) is 18.8. The Morgan fingerprint density at radius 2 is 2.17 bits per heavy atom. The third-order valence-electron chi connectivity index (χ3n) is 2.84. The molecule has 0 aromatic heterocycles. The van der Waals surface area contributed by atoms with Gasteiger partial charge in [-0.3, -0.25) is 4.90 Å². The number of amides is 1. The topological polar surface area (TPSA) is 59.0 Å². The smallest absolute Gasteiger partial charge is 0.410 e. The van der Waals surface area contributed by atoms with Crippen molar-refractivity contribution in [2.45, 2.75) is 12.5 Å². The number of hydrogen-bond acceptors (Lipinski definition) is 4. The van der Waals surface area contributed by atoms with Gasteiger partial charge in [0.2, 0.25) is 0 Å². The fourth-order valence-corrected chi connectivity index (χ4v) is 1.86. The highest BCUT2D eigenvalue weighted by molar-refractivity contribution is 5.70. The van der Waals surface area contributed by atoms with Crippen molar-refractivity contribution in [3.63, 3.8) is 0 Å². The first-order valence-electron chi connectivity index (χ1n) is 6.03. The SMILES string of the molecule is O=C1OC[C@H](CO)N1CCCOc1ccccc1. The maximum absolute atomic E-state index is 11.4. The molecule has 1 aliphatic rings. The first-order valence-corrected chi connectivity index (χ1v) is 6.03. The monoisotopic (exact) mass is 251 g/mol. The van der Waals surface area contributed by atoms with Gasteiger partial charge in [-0.15, -0.1) is 0 Å². The zero-order chi connectivity index (χ0) is 12.8. The molecule has 5 heteroatoms. The predicted molar refractivity (Wildman–Crippen MR) is 65.5 cm³/mol. The zero-order valence-corrected chi connectivity index (χ0v) is 10.1. The van der Waals surface area contributed by atoms with E-state index < -0.39 is 0 Å². The van der Waals surface area contributed by atoms with Gasteiger partial charge in [0.25, 0.3) is 0 Å². The molecular formula is C13H17NO4. The summed E-state index contributed by atoms with van der Waals surface area (Å²) in [5.74, 6) is 0.820. The van der Waals surface area contributed by atoms with Crippen molar-refractivity contribution < 1.29 is 19.4 Å². The molecular weight excluding hydrogens is 234 g/mol. The molecule has 18 heavy (non-hydrogen) atoms. The number of para-hydroxylation sites is 1. The molecule has 1 atom stereocenters. The number of cyclic esters (lactones) is 1. The molecule has 1 aromatic rings. The second-order valence-electron chi connectivity index (χ2n) is 4.12. The van der Waals surface area contributed by atoms with Crippen LogP contribution in [0.5, 0.6) is 5.75 Å². The van der Waals surface area contributed by atoms with Crippen LogP contribution >= 0.6 is 0 Å². The number of aliphatic hydroxyl groups is 1. The van der Waals surface area contributed by atoms with E-state index in [2.05, 4.69) is 0 Å². The minimum atomic E-state index is -0.353. The van der Waals surface area contributed by atoms with Crippen molar-refractivity contribution in [1.29, 1.82) is 0 Å². The van der Waals surface area contributed by atoms with Crippen molar-refractivity contribution in [3.8, 4) is 5.75 Å². The summed E-state index contributed by atoms with van der Waals surface area (Å²) < 4.78 is 10.4. The standard InChI is InChI=1S/C13H17NO4/c15-9-11-10-18-13(16)14(11)7-4-8-17-12-5-2-1-3-6-12/h1-3,5-6,11,15H,4,7-10H2/t11-/m0/s1. The van der Waals surface area contributed by atoms with Crippen molar-refractivity contribution in [1.82, 2.24) is 4.90 Å². The van der Waals surface area contributed by atoms with Gasteiger partial charge in [-0.1, -0.05) is 18.2 Å². The van der Waals surface area contributed by atoms with E-state index in [0.29, 0.717) is 19.6 Å². The summed E-state index contributed by atoms with van der Waals surface area (Å²) in [6, 6.07) is 9.32. The van der Waals surface area contributed by atoms with Crippen LogP contribution in [0.3, 0.4) is 0 Å². The number of ether oxygens (including phenoxy) is 2. The number of benzene rings is 1. The number of carbonyl (C=O) groups excluding carboxylic acids is 1. The van der Waals surface area contributed by atoms with Crippen molar-refractivity contribution in [2.75, 3.05) is 26.4 Å². The van der Waals surface area contributed by atoms with Crippen LogP contribution in [0.1, 0.15) is 6.42 Å². The molecule has 1 aromatic carbocycles. The third kappa shape index (κ3) is 3.13. The maximum atomic E-state index is 11.4. The molecule has 0 bridgehead atoms. The lowest BCUT2D eigenvalue weighted by molar-refractivity contribution is 0.149. The summed E-state index contributed by atoms with van der Waals surface area (Å²) in [7, 11) is 0. The number of rotatable bonds is 6. The van der Waals surface area contributed by atoms with Crippen LogP contribution in [0, 0.1) is 0 Å². The molecule has 0 spiro atoms. The van der Waals surface area contributed by atoms with Gasteiger partial charge in [0.05, 0.1) is 19.3 Å². The van der Waals surface area contributed by atoms with E-state index in [9.17, 15) is 4.79 Å². The largest absolute Gasteiger partial charge is 0.494 e. The summed E-state index contributed by atoms with van der Waals surface area (Å²) in [6.45, 7) is 1.28. The van der Waals surface area contributed by atoms with Crippen molar-refractivity contribution in [2.24, 2.45) is 0 Å². The Morgan fingerprint density at radius 1 is 1.39 bits per heavy atom. The summed E-state index contributed by atoms with van der Waals surface area (Å²) >= 11 is 0. The van der Waals surface area contributed by atoms with E-state index in [1.165, 1.54) is 0 Å². The van der Waals surface area contributed by atoms with Gasteiger partial charge < -0.3 is 14.6 Å². The summed E-state index contributed by atoms with van der Waals surface area (Å²) in [5, 5.41) is 9.08. The van der Waals surface area contributed by atoms with Crippen LogP contribution in [-0.4, -0.2) is 48.5 Å². The molecule has 98 valence electrons. The third-order valence-corrected chi connectivity index (χ3v) is 2.84. The number of nitrogens with zero attached hydrogens (tertiary/aromatic N) is 1. The van der Waals surface area contributed by atoms with Crippen LogP contribution in [0.4, 0.5) is 4.79 Å². The Hall–Kier alpha value is -1.75. The Morgan fingerprint density at radius 3 is 2.89 bits per heavy atom. The quantitative estimate of drug-likeness (QED) is 0.773. The van der Waals surface area contributed by atoms with Gasteiger partial charge in [-0.25, -0.2) is 4.79 Å². The van der Waals surface area contributed by atoms with Gasteiger partial charge in [0, 0.05) is 6.54 Å². The Bertz CT molecular complexity index is 382. The average Bonchev–Trinajstić information content (AvgIpc) is 2.77. The molecule has 0 radical (unpaired) electrons. The van der Waals surface area contributed by atoms with Gasteiger partial charge in [0.1, 0.15) is 12.4 Å². The molecule has 5 nitrogen and oxygen atoms in total. The molecule has 0 unspecified atom stereocenters. The minimum absolute atomic E-state index is 0.0642. The second kappa shape index (κ2) is 6.26. The second-order valence-corrected chi connectivity index (χ2v) is 4.12. The molecule has 1 N–H and O–H groups in total. The highest BCUT2D eigenvalue weighted by atomic mass is 16.6. The summed E-state index contributed by atoms with van der Waals surface area (Å²) in [6.07, 6.45) is 0.356. The van der Waals surface area contributed by atoms with E-state index in [1.807, 2.05) is 30.3 Å². The fourth-order valence-electron chi connectivity index (χ4n) is 1.86. The first kappa shape index (κ1) is 12.7.